The van der Waals surface area contributed by atoms with E-state index in [1.807, 2.05) is 0 Å². The van der Waals surface area contributed by atoms with Crippen LogP contribution in [0.25, 0.3) is 0 Å². The Bertz CT molecular complexity index is 357. The Morgan fingerprint density at radius 2 is 1.95 bits per heavy atom. The number of nitrogens with one attached hydrogen (secondary N) is 3. The Balaban J connectivity index is 2.23. The van der Waals surface area contributed by atoms with Crippen LogP contribution in [0.3, 0.4) is 0 Å². The van der Waals surface area contributed by atoms with E-state index >= 15 is 0 Å². The molecule has 1 unspecified atom stereocenters. The number of hydrogen-bond acceptors (Lipinski definition) is 5. The first-order chi connectivity index (χ1) is 9.49. The fourth-order valence-corrected chi connectivity index (χ4v) is 1.87. The first-order valence-electron chi connectivity index (χ1n) is 6.47. The Morgan fingerprint density at radius 1 is 1.30 bits per heavy atom. The third kappa shape index (κ3) is 6.34. The lowest BCUT2D eigenvalue weighted by molar-refractivity contribution is -0.140. The number of amides is 3. The van der Waals surface area contributed by atoms with Crippen molar-refractivity contribution < 1.29 is 19.5 Å². The van der Waals surface area contributed by atoms with Gasteiger partial charge in [0.1, 0.15) is 6.04 Å². The van der Waals surface area contributed by atoms with Gasteiger partial charge in [-0.25, -0.2) is 9.59 Å². The number of piperazine rings is 1. The third-order valence-corrected chi connectivity index (χ3v) is 2.93. The number of nitrogens with zero attached hydrogens (tertiary/aromatic N) is 1. The molecule has 0 aromatic heterocycles. The molecule has 1 heterocycles. The molecule has 1 fully saturated rings. The lowest BCUT2D eigenvalue weighted by Gasteiger charge is -2.27. The van der Waals surface area contributed by atoms with Gasteiger partial charge in [0.2, 0.25) is 5.91 Å². The van der Waals surface area contributed by atoms with Gasteiger partial charge in [0.15, 0.2) is 0 Å². The number of urea groups is 1. The van der Waals surface area contributed by atoms with Gasteiger partial charge in [-0.15, -0.1) is 0 Å². The van der Waals surface area contributed by atoms with E-state index in [9.17, 15) is 14.4 Å². The normalized spacial score (nSPS) is 17.2. The summed E-state index contributed by atoms with van der Waals surface area (Å²) >= 11 is 0. The van der Waals surface area contributed by atoms with E-state index in [2.05, 4.69) is 20.9 Å². The third-order valence-electron chi connectivity index (χ3n) is 2.93. The molecule has 0 bridgehead atoms. The van der Waals surface area contributed by atoms with Crippen molar-refractivity contribution in [3.05, 3.63) is 0 Å². The van der Waals surface area contributed by atoms with Crippen LogP contribution in [0.15, 0.2) is 0 Å². The second-order valence-corrected chi connectivity index (χ2v) is 4.55. The molecule has 9 nitrogen and oxygen atoms in total. The zero-order valence-electron chi connectivity index (χ0n) is 11.2. The lowest BCUT2D eigenvalue weighted by Crippen LogP contribution is -2.50. The smallest absolute Gasteiger partial charge is 0.326 e. The van der Waals surface area contributed by atoms with Crippen molar-refractivity contribution in [1.29, 1.82) is 0 Å². The molecule has 6 N–H and O–H groups in total. The molecule has 0 saturated carbocycles. The number of carboxylic acid groups (broad SMARTS) is 1. The number of carboxylic acids is 1. The molecule has 1 atom stereocenters. The first-order valence-corrected chi connectivity index (χ1v) is 6.47. The number of carbonyl (C=O) groups excluding carboxylic acids is 2. The number of rotatable bonds is 7. The Labute approximate surface area is 116 Å². The summed E-state index contributed by atoms with van der Waals surface area (Å²) in [4.78, 5) is 35.2. The summed E-state index contributed by atoms with van der Waals surface area (Å²) in [5.41, 5.74) is 4.92. The molecule has 3 amide bonds. The highest BCUT2D eigenvalue weighted by Gasteiger charge is 2.21. The summed E-state index contributed by atoms with van der Waals surface area (Å²) < 4.78 is 0. The van der Waals surface area contributed by atoms with E-state index < -0.39 is 30.4 Å². The van der Waals surface area contributed by atoms with Gasteiger partial charge in [-0.3, -0.25) is 9.69 Å². The monoisotopic (exact) mass is 287 g/mol. The zero-order valence-corrected chi connectivity index (χ0v) is 11.2. The fraction of sp³-hybridized carbons (Fsp3) is 0.727. The predicted molar refractivity (Wildman–Crippen MR) is 71.1 cm³/mol. The second kappa shape index (κ2) is 8.33. The lowest BCUT2D eigenvalue weighted by atomic mass is 10.2. The standard InChI is InChI=1S/C11H21N5O4/c12-9(17)7-8(10(18)19)15-11(20)14-3-6-16-4-1-13-2-5-16/h8,13H,1-7H2,(H2,12,17)(H,18,19)(H2,14,15,20). The van der Waals surface area contributed by atoms with Crippen molar-refractivity contribution in [2.24, 2.45) is 5.73 Å². The Morgan fingerprint density at radius 3 is 2.50 bits per heavy atom. The van der Waals surface area contributed by atoms with Crippen LogP contribution in [-0.4, -0.2) is 73.2 Å². The topological polar surface area (TPSA) is 137 Å². The first kappa shape index (κ1) is 16.2. The summed E-state index contributed by atoms with van der Waals surface area (Å²) in [5, 5.41) is 16.8. The molecule has 1 saturated heterocycles. The SMILES string of the molecule is NC(=O)CC(NC(=O)NCCN1CCNCC1)C(=O)O. The van der Waals surface area contributed by atoms with Gasteiger partial charge < -0.3 is 26.8 Å². The van der Waals surface area contributed by atoms with Gasteiger partial charge in [-0.05, 0) is 0 Å². The largest absolute Gasteiger partial charge is 0.480 e. The molecule has 1 aliphatic heterocycles. The van der Waals surface area contributed by atoms with Crippen LogP contribution in [0.1, 0.15) is 6.42 Å². The van der Waals surface area contributed by atoms with Crippen molar-refractivity contribution in [3.63, 3.8) is 0 Å². The number of aliphatic carboxylic acids is 1. The summed E-state index contributed by atoms with van der Waals surface area (Å²) in [6.07, 6.45) is -0.430. The summed E-state index contributed by atoms with van der Waals surface area (Å²) in [6, 6.07) is -1.92. The molecule has 1 rings (SSSR count). The van der Waals surface area contributed by atoms with Crippen LogP contribution in [0.2, 0.25) is 0 Å². The van der Waals surface area contributed by atoms with E-state index in [0.29, 0.717) is 13.1 Å². The van der Waals surface area contributed by atoms with Crippen molar-refractivity contribution in [3.8, 4) is 0 Å². The van der Waals surface area contributed by atoms with Crippen LogP contribution < -0.4 is 21.7 Å². The van der Waals surface area contributed by atoms with Crippen molar-refractivity contribution in [1.82, 2.24) is 20.9 Å². The highest BCUT2D eigenvalue weighted by atomic mass is 16.4. The minimum atomic E-state index is -1.30. The number of carbonyl (C=O) groups is 3. The highest BCUT2D eigenvalue weighted by Crippen LogP contribution is 1.92. The van der Waals surface area contributed by atoms with Crippen molar-refractivity contribution >= 4 is 17.9 Å². The van der Waals surface area contributed by atoms with Gasteiger partial charge >= 0.3 is 12.0 Å². The second-order valence-electron chi connectivity index (χ2n) is 4.55. The molecule has 0 aliphatic carbocycles. The maximum Gasteiger partial charge on any atom is 0.326 e. The predicted octanol–water partition coefficient (Wildman–Crippen LogP) is -2.48. The minimum absolute atomic E-state index is 0.411. The molecule has 0 spiro atoms. The van der Waals surface area contributed by atoms with Gasteiger partial charge in [-0.2, -0.15) is 0 Å². The Kier molecular flexibility index (Phi) is 6.74. The number of nitrogens with two attached hydrogens (primary N) is 1. The maximum atomic E-state index is 11.5. The number of hydrogen-bond donors (Lipinski definition) is 5. The van der Waals surface area contributed by atoms with E-state index in [-0.39, 0.29) is 0 Å². The molecule has 114 valence electrons. The van der Waals surface area contributed by atoms with Gasteiger partial charge in [0.25, 0.3) is 0 Å². The zero-order chi connectivity index (χ0) is 15.0. The van der Waals surface area contributed by atoms with Crippen LogP contribution in [0.5, 0.6) is 0 Å². The van der Waals surface area contributed by atoms with E-state index in [0.717, 1.165) is 26.2 Å². The average Bonchev–Trinajstić information content (AvgIpc) is 2.38. The highest BCUT2D eigenvalue weighted by molar-refractivity contribution is 5.87. The molecule has 20 heavy (non-hydrogen) atoms. The van der Waals surface area contributed by atoms with Crippen LogP contribution in [-0.2, 0) is 9.59 Å². The summed E-state index contributed by atoms with van der Waals surface area (Å²) in [5.74, 6) is -2.07. The van der Waals surface area contributed by atoms with Crippen LogP contribution in [0.4, 0.5) is 4.79 Å². The van der Waals surface area contributed by atoms with Gasteiger partial charge in [-0.1, -0.05) is 0 Å². The van der Waals surface area contributed by atoms with Crippen molar-refractivity contribution in [2.75, 3.05) is 39.3 Å². The quantitative estimate of drug-likeness (QED) is 0.351. The van der Waals surface area contributed by atoms with E-state index in [4.69, 9.17) is 10.8 Å². The Hall–Kier alpha value is -1.87. The van der Waals surface area contributed by atoms with Gasteiger partial charge in [0, 0.05) is 39.3 Å². The van der Waals surface area contributed by atoms with Crippen molar-refractivity contribution in [2.45, 2.75) is 12.5 Å². The molecular weight excluding hydrogens is 266 g/mol. The summed E-state index contributed by atoms with van der Waals surface area (Å²) in [7, 11) is 0. The molecule has 1 aliphatic rings. The minimum Gasteiger partial charge on any atom is -0.480 e. The molecule has 0 aromatic carbocycles. The molecule has 0 aromatic rings. The summed E-state index contributed by atoms with van der Waals surface area (Å²) in [6.45, 7) is 4.79. The molecule has 9 heteroatoms. The molecular formula is C11H21N5O4. The van der Waals surface area contributed by atoms with E-state index in [1.54, 1.807) is 0 Å². The molecule has 0 radical (unpaired) electrons. The van der Waals surface area contributed by atoms with E-state index in [1.165, 1.54) is 0 Å². The van der Waals surface area contributed by atoms with Crippen LogP contribution in [0, 0.1) is 0 Å². The number of primary amides is 1. The van der Waals surface area contributed by atoms with Gasteiger partial charge in [0.05, 0.1) is 6.42 Å². The van der Waals surface area contributed by atoms with Crippen LogP contribution >= 0.6 is 0 Å². The fourth-order valence-electron chi connectivity index (χ4n) is 1.87. The average molecular weight is 287 g/mol. The maximum absolute atomic E-state index is 11.5.